The molecular formula is C19H36IN5S. The SMILES string of the molecule is CCNC(=NCc1nc(C(C)C)cs1)NCC(C(C)C)N1CCCC1.I. The highest BCUT2D eigenvalue weighted by Gasteiger charge is 2.24. The number of guanidine groups is 1. The van der Waals surface area contributed by atoms with Gasteiger partial charge < -0.3 is 10.6 Å². The number of nitrogens with zero attached hydrogens (tertiary/aromatic N) is 3. The van der Waals surface area contributed by atoms with Crippen LogP contribution in [-0.2, 0) is 6.54 Å². The normalized spacial score (nSPS) is 16.8. The van der Waals surface area contributed by atoms with Gasteiger partial charge in [-0.2, -0.15) is 0 Å². The van der Waals surface area contributed by atoms with E-state index in [1.807, 2.05) is 0 Å². The molecule has 0 aliphatic carbocycles. The Balaban J connectivity index is 0.00000338. The maximum Gasteiger partial charge on any atom is 0.191 e. The number of nitrogens with one attached hydrogen (secondary N) is 2. The molecule has 26 heavy (non-hydrogen) atoms. The van der Waals surface area contributed by atoms with Crippen LogP contribution in [0.1, 0.15) is 64.1 Å². The van der Waals surface area contributed by atoms with Crippen molar-refractivity contribution in [1.29, 1.82) is 0 Å². The van der Waals surface area contributed by atoms with E-state index < -0.39 is 0 Å². The maximum absolute atomic E-state index is 4.74. The highest BCUT2D eigenvalue weighted by molar-refractivity contribution is 14.0. The summed E-state index contributed by atoms with van der Waals surface area (Å²) in [6.45, 7) is 16.0. The molecule has 0 spiro atoms. The Morgan fingerprint density at radius 3 is 2.46 bits per heavy atom. The lowest BCUT2D eigenvalue weighted by Crippen LogP contribution is -2.48. The van der Waals surface area contributed by atoms with Gasteiger partial charge in [0.1, 0.15) is 5.01 Å². The minimum atomic E-state index is 0. The average molecular weight is 494 g/mol. The lowest BCUT2D eigenvalue weighted by atomic mass is 10.0. The zero-order valence-corrected chi connectivity index (χ0v) is 20.1. The summed E-state index contributed by atoms with van der Waals surface area (Å²) in [5, 5.41) is 10.2. The zero-order valence-electron chi connectivity index (χ0n) is 16.9. The Bertz CT molecular complexity index is 538. The van der Waals surface area contributed by atoms with Crippen molar-refractivity contribution in [2.75, 3.05) is 26.2 Å². The largest absolute Gasteiger partial charge is 0.357 e. The zero-order chi connectivity index (χ0) is 18.2. The molecule has 1 unspecified atom stereocenters. The smallest absolute Gasteiger partial charge is 0.191 e. The van der Waals surface area contributed by atoms with Gasteiger partial charge in [-0.05, 0) is 44.7 Å². The van der Waals surface area contributed by atoms with E-state index in [0.29, 0.717) is 24.4 Å². The van der Waals surface area contributed by atoms with Gasteiger partial charge in [-0.3, -0.25) is 4.90 Å². The molecule has 0 saturated carbocycles. The van der Waals surface area contributed by atoms with E-state index in [1.54, 1.807) is 11.3 Å². The van der Waals surface area contributed by atoms with Gasteiger partial charge in [0.15, 0.2) is 5.96 Å². The number of rotatable bonds is 8. The number of likely N-dealkylation sites (tertiary alicyclic amines) is 1. The second-order valence-corrected chi connectivity index (χ2v) is 8.39. The monoisotopic (exact) mass is 493 g/mol. The molecule has 2 N–H and O–H groups in total. The van der Waals surface area contributed by atoms with Gasteiger partial charge in [0.25, 0.3) is 0 Å². The Morgan fingerprint density at radius 1 is 1.23 bits per heavy atom. The van der Waals surface area contributed by atoms with Crippen LogP contribution in [-0.4, -0.2) is 48.1 Å². The van der Waals surface area contributed by atoms with Crippen molar-refractivity contribution in [2.24, 2.45) is 10.9 Å². The fourth-order valence-corrected chi connectivity index (χ4v) is 4.09. The quantitative estimate of drug-likeness (QED) is 0.326. The van der Waals surface area contributed by atoms with Crippen molar-refractivity contribution in [3.05, 3.63) is 16.1 Å². The summed E-state index contributed by atoms with van der Waals surface area (Å²) in [4.78, 5) is 12.0. The number of halogens is 1. The van der Waals surface area contributed by atoms with Crippen molar-refractivity contribution in [2.45, 2.75) is 66.0 Å². The molecule has 1 saturated heterocycles. The van der Waals surface area contributed by atoms with Gasteiger partial charge in [0.05, 0.1) is 12.2 Å². The molecule has 150 valence electrons. The minimum Gasteiger partial charge on any atom is -0.357 e. The highest BCUT2D eigenvalue weighted by Crippen LogP contribution is 2.19. The summed E-state index contributed by atoms with van der Waals surface area (Å²) in [6, 6.07) is 0.568. The maximum atomic E-state index is 4.74. The number of aliphatic imine (C=N–C) groups is 1. The van der Waals surface area contributed by atoms with Gasteiger partial charge in [-0.1, -0.05) is 27.7 Å². The molecule has 0 aromatic carbocycles. The van der Waals surface area contributed by atoms with Crippen LogP contribution in [0.25, 0.3) is 0 Å². The molecule has 0 radical (unpaired) electrons. The number of hydrogen-bond acceptors (Lipinski definition) is 4. The molecule has 1 aliphatic rings. The lowest BCUT2D eigenvalue weighted by molar-refractivity contribution is 0.192. The van der Waals surface area contributed by atoms with E-state index in [4.69, 9.17) is 4.99 Å². The lowest BCUT2D eigenvalue weighted by Gasteiger charge is -2.31. The first-order valence-electron chi connectivity index (χ1n) is 9.71. The van der Waals surface area contributed by atoms with Crippen LogP contribution < -0.4 is 10.6 Å². The van der Waals surface area contributed by atoms with Crippen LogP contribution in [0, 0.1) is 5.92 Å². The van der Waals surface area contributed by atoms with E-state index in [9.17, 15) is 0 Å². The molecule has 1 aromatic rings. The van der Waals surface area contributed by atoms with Gasteiger partial charge in [-0.15, -0.1) is 35.3 Å². The molecule has 0 amide bonds. The van der Waals surface area contributed by atoms with Crippen molar-refractivity contribution >= 4 is 41.3 Å². The molecular weight excluding hydrogens is 457 g/mol. The van der Waals surface area contributed by atoms with Gasteiger partial charge in [-0.25, -0.2) is 9.98 Å². The molecule has 2 heterocycles. The first-order valence-corrected chi connectivity index (χ1v) is 10.6. The van der Waals surface area contributed by atoms with E-state index in [-0.39, 0.29) is 24.0 Å². The molecule has 1 fully saturated rings. The summed E-state index contributed by atoms with van der Waals surface area (Å²) < 4.78 is 0. The van der Waals surface area contributed by atoms with Gasteiger partial charge in [0.2, 0.25) is 0 Å². The predicted molar refractivity (Wildman–Crippen MR) is 124 cm³/mol. The summed E-state index contributed by atoms with van der Waals surface area (Å²) in [5.74, 6) is 2.02. The number of hydrogen-bond donors (Lipinski definition) is 2. The Morgan fingerprint density at radius 2 is 1.92 bits per heavy atom. The Kier molecular flexibility index (Phi) is 11.0. The standard InChI is InChI=1S/C19H35N5S.HI/c1-6-20-19(22-12-18-23-16(13-25-18)14(2)3)21-11-17(15(4)5)24-9-7-8-10-24;/h13-15,17H,6-12H2,1-5H3,(H2,20,21,22);1H. The van der Waals surface area contributed by atoms with E-state index >= 15 is 0 Å². The average Bonchev–Trinajstić information content (AvgIpc) is 3.24. The fraction of sp³-hybridized carbons (Fsp3) is 0.789. The summed E-state index contributed by atoms with van der Waals surface area (Å²) >= 11 is 1.71. The summed E-state index contributed by atoms with van der Waals surface area (Å²) in [5.41, 5.74) is 1.17. The molecule has 1 aliphatic heterocycles. The van der Waals surface area contributed by atoms with E-state index in [2.05, 4.69) is 60.5 Å². The Hall–Kier alpha value is -0.410. The van der Waals surface area contributed by atoms with Crippen molar-refractivity contribution < 1.29 is 0 Å². The number of thiazole rings is 1. The minimum absolute atomic E-state index is 0. The third-order valence-electron chi connectivity index (χ3n) is 4.74. The van der Waals surface area contributed by atoms with E-state index in [0.717, 1.165) is 24.1 Å². The third-order valence-corrected chi connectivity index (χ3v) is 5.59. The van der Waals surface area contributed by atoms with Crippen LogP contribution in [0.2, 0.25) is 0 Å². The molecule has 2 rings (SSSR count). The molecule has 7 heteroatoms. The van der Waals surface area contributed by atoms with E-state index in [1.165, 1.54) is 31.6 Å². The van der Waals surface area contributed by atoms with Crippen molar-refractivity contribution in [3.8, 4) is 0 Å². The van der Waals surface area contributed by atoms with Crippen molar-refractivity contribution in [3.63, 3.8) is 0 Å². The van der Waals surface area contributed by atoms with Crippen LogP contribution in [0.15, 0.2) is 10.4 Å². The van der Waals surface area contributed by atoms with Crippen LogP contribution >= 0.6 is 35.3 Å². The van der Waals surface area contributed by atoms with Crippen LogP contribution in [0.3, 0.4) is 0 Å². The Labute approximate surface area is 180 Å². The number of aromatic nitrogens is 1. The molecule has 1 atom stereocenters. The van der Waals surface area contributed by atoms with Gasteiger partial charge in [0, 0.05) is 24.5 Å². The molecule has 0 bridgehead atoms. The highest BCUT2D eigenvalue weighted by atomic mass is 127. The molecule has 1 aromatic heterocycles. The second-order valence-electron chi connectivity index (χ2n) is 7.45. The topological polar surface area (TPSA) is 52.6 Å². The molecule has 5 nitrogen and oxygen atoms in total. The third kappa shape index (κ3) is 7.31. The summed E-state index contributed by atoms with van der Waals surface area (Å²) in [6.07, 6.45) is 2.67. The fourth-order valence-electron chi connectivity index (χ4n) is 3.21. The van der Waals surface area contributed by atoms with Gasteiger partial charge >= 0.3 is 0 Å². The second kappa shape index (κ2) is 12.1. The summed E-state index contributed by atoms with van der Waals surface area (Å²) in [7, 11) is 0. The van der Waals surface area contributed by atoms with Crippen LogP contribution in [0.4, 0.5) is 0 Å². The first-order chi connectivity index (χ1) is 12.0. The van der Waals surface area contributed by atoms with Crippen LogP contribution in [0.5, 0.6) is 0 Å². The van der Waals surface area contributed by atoms with Crippen molar-refractivity contribution in [1.82, 2.24) is 20.5 Å². The predicted octanol–water partition coefficient (Wildman–Crippen LogP) is 4.06. The first kappa shape index (κ1) is 23.6.